The summed E-state index contributed by atoms with van der Waals surface area (Å²) in [7, 11) is 1.31. The van der Waals surface area contributed by atoms with Crippen molar-refractivity contribution in [3.8, 4) is 11.1 Å². The molecule has 0 fully saturated rings. The van der Waals surface area contributed by atoms with Crippen LogP contribution >= 0.6 is 0 Å². The van der Waals surface area contributed by atoms with Gasteiger partial charge in [-0.15, -0.1) is 0 Å². The lowest BCUT2D eigenvalue weighted by Gasteiger charge is -2.27. The number of ketones is 1. The van der Waals surface area contributed by atoms with Crippen LogP contribution in [0.2, 0.25) is 0 Å². The third-order valence-corrected chi connectivity index (χ3v) is 6.63. The predicted molar refractivity (Wildman–Crippen MR) is 150 cm³/mol. The summed E-state index contributed by atoms with van der Waals surface area (Å²) in [4.78, 5) is 37.9. The molecule has 0 bridgehead atoms. The molecule has 0 saturated carbocycles. The van der Waals surface area contributed by atoms with Crippen molar-refractivity contribution in [1.29, 1.82) is 0 Å². The molecule has 8 nitrogen and oxygen atoms in total. The summed E-state index contributed by atoms with van der Waals surface area (Å²) < 4.78 is 24.0. The number of esters is 1. The lowest BCUT2D eigenvalue weighted by Crippen LogP contribution is -2.33. The standard InChI is InChI=1S/C31H26FN5O3/c1-19(33)28(20(2)38)23-16-25-29(36-17-23)24(21-10-12-22(13-11-21)30(39)40-3)18-37(25)31(32,26-8-4-6-14-34-26)27-9-5-7-15-35-27/h4-18H,33H2,1-3H3. The highest BCUT2D eigenvalue weighted by Gasteiger charge is 2.41. The lowest BCUT2D eigenvalue weighted by atomic mass is 10.0. The van der Waals surface area contributed by atoms with Crippen LogP contribution in [0.25, 0.3) is 27.7 Å². The first-order valence-corrected chi connectivity index (χ1v) is 12.5. The highest BCUT2D eigenvalue weighted by atomic mass is 19.1. The van der Waals surface area contributed by atoms with E-state index in [0.717, 1.165) is 0 Å². The van der Waals surface area contributed by atoms with E-state index < -0.39 is 11.8 Å². The zero-order chi connectivity index (χ0) is 28.4. The number of pyridine rings is 3. The molecule has 40 heavy (non-hydrogen) atoms. The maximum absolute atomic E-state index is 17.8. The van der Waals surface area contributed by atoms with Crippen molar-refractivity contribution in [2.24, 2.45) is 5.73 Å². The quantitative estimate of drug-likeness (QED) is 0.223. The van der Waals surface area contributed by atoms with Gasteiger partial charge < -0.3 is 15.0 Å². The van der Waals surface area contributed by atoms with Crippen LogP contribution in [0.3, 0.4) is 0 Å². The number of Topliss-reactive ketones (excluding diaryl/α,β-unsaturated/α-hetero) is 1. The molecule has 0 unspecified atom stereocenters. The number of halogens is 1. The van der Waals surface area contributed by atoms with Gasteiger partial charge in [-0.2, -0.15) is 0 Å². The molecule has 0 aliphatic rings. The molecule has 0 radical (unpaired) electrons. The number of rotatable bonds is 7. The Bertz CT molecular complexity index is 1700. The fourth-order valence-corrected chi connectivity index (χ4v) is 4.81. The third-order valence-electron chi connectivity index (χ3n) is 6.63. The van der Waals surface area contributed by atoms with E-state index in [1.807, 2.05) is 0 Å². The van der Waals surface area contributed by atoms with Crippen LogP contribution in [-0.2, 0) is 15.3 Å². The van der Waals surface area contributed by atoms with Crippen molar-refractivity contribution >= 4 is 28.4 Å². The number of hydrogen-bond donors (Lipinski definition) is 1. The monoisotopic (exact) mass is 535 g/mol. The number of fused-ring (bicyclic) bond motifs is 1. The Morgan fingerprint density at radius 2 is 1.52 bits per heavy atom. The fourth-order valence-electron chi connectivity index (χ4n) is 4.81. The molecule has 0 saturated heterocycles. The van der Waals surface area contributed by atoms with Gasteiger partial charge in [-0.25, -0.2) is 9.18 Å². The Kier molecular flexibility index (Phi) is 6.96. The first kappa shape index (κ1) is 26.4. The molecular formula is C31H26FN5O3. The van der Waals surface area contributed by atoms with Gasteiger partial charge in [0.05, 0.1) is 23.7 Å². The number of nitrogens with two attached hydrogens (primary N) is 1. The molecule has 5 aromatic rings. The van der Waals surface area contributed by atoms with E-state index in [1.54, 1.807) is 86.0 Å². The molecule has 2 N–H and O–H groups in total. The SMILES string of the molecule is COC(=O)c1ccc(-c2cn(C(F)(c3ccccn3)c3ccccn3)c3cc(C(C(C)=O)=C(C)N)cnc23)cc1. The Morgan fingerprint density at radius 3 is 2.02 bits per heavy atom. The summed E-state index contributed by atoms with van der Waals surface area (Å²) in [5.41, 5.74) is 9.90. The van der Waals surface area contributed by atoms with Gasteiger partial charge >= 0.3 is 5.97 Å². The van der Waals surface area contributed by atoms with Crippen molar-refractivity contribution < 1.29 is 18.7 Å². The topological polar surface area (TPSA) is 113 Å². The summed E-state index contributed by atoms with van der Waals surface area (Å²) in [6, 6.07) is 18.5. The van der Waals surface area contributed by atoms with Crippen LogP contribution in [0.15, 0.2) is 97.2 Å². The number of carbonyl (C=O) groups is 2. The van der Waals surface area contributed by atoms with Crippen LogP contribution in [0, 0.1) is 0 Å². The first-order valence-electron chi connectivity index (χ1n) is 12.5. The minimum Gasteiger partial charge on any atom is -0.465 e. The molecule has 0 atom stereocenters. The van der Waals surface area contributed by atoms with Crippen molar-refractivity contribution in [2.75, 3.05) is 7.11 Å². The van der Waals surface area contributed by atoms with E-state index in [2.05, 4.69) is 15.0 Å². The van der Waals surface area contributed by atoms with E-state index >= 15 is 4.39 Å². The second-order valence-electron chi connectivity index (χ2n) is 9.24. The molecule has 0 aliphatic heterocycles. The van der Waals surface area contributed by atoms with E-state index in [0.29, 0.717) is 44.6 Å². The third kappa shape index (κ3) is 4.51. The van der Waals surface area contributed by atoms with Crippen LogP contribution in [-0.4, -0.2) is 38.4 Å². The fraction of sp³-hybridized carbons (Fsp3) is 0.129. The average Bonchev–Trinajstić information content (AvgIpc) is 3.36. The van der Waals surface area contributed by atoms with Crippen LogP contribution in [0.1, 0.15) is 41.2 Å². The Hall–Kier alpha value is -5.18. The maximum atomic E-state index is 17.8. The average molecular weight is 536 g/mol. The molecule has 200 valence electrons. The number of aromatic nitrogens is 4. The minimum absolute atomic E-state index is 0.112. The number of hydrogen-bond acceptors (Lipinski definition) is 7. The lowest BCUT2D eigenvalue weighted by molar-refractivity contribution is -0.111. The number of allylic oxidation sites excluding steroid dienone is 2. The van der Waals surface area contributed by atoms with Gasteiger partial charge in [0.15, 0.2) is 5.78 Å². The van der Waals surface area contributed by atoms with Gasteiger partial charge in [0.25, 0.3) is 5.79 Å². The summed E-state index contributed by atoms with van der Waals surface area (Å²) in [5.74, 6) is -3.05. The smallest absolute Gasteiger partial charge is 0.337 e. The highest BCUT2D eigenvalue weighted by Crippen LogP contribution is 2.41. The highest BCUT2D eigenvalue weighted by molar-refractivity contribution is 6.20. The first-order chi connectivity index (χ1) is 19.3. The molecule has 9 heteroatoms. The van der Waals surface area contributed by atoms with E-state index in [1.165, 1.54) is 31.0 Å². The number of benzene rings is 1. The van der Waals surface area contributed by atoms with E-state index in [9.17, 15) is 9.59 Å². The summed E-state index contributed by atoms with van der Waals surface area (Å²) >= 11 is 0. The maximum Gasteiger partial charge on any atom is 0.337 e. The molecule has 0 spiro atoms. The molecule has 0 aliphatic carbocycles. The Labute approximate surface area is 230 Å². The van der Waals surface area contributed by atoms with Gasteiger partial charge in [0.2, 0.25) is 0 Å². The minimum atomic E-state index is -2.34. The van der Waals surface area contributed by atoms with Crippen LogP contribution in [0.5, 0.6) is 0 Å². The molecule has 4 heterocycles. The van der Waals surface area contributed by atoms with E-state index in [4.69, 9.17) is 10.5 Å². The van der Waals surface area contributed by atoms with Crippen LogP contribution in [0.4, 0.5) is 4.39 Å². The zero-order valence-electron chi connectivity index (χ0n) is 22.1. The second kappa shape index (κ2) is 10.5. The van der Waals surface area contributed by atoms with Crippen molar-refractivity contribution in [3.63, 3.8) is 0 Å². The van der Waals surface area contributed by atoms with Gasteiger partial charge in [-0.1, -0.05) is 24.3 Å². The van der Waals surface area contributed by atoms with Crippen LogP contribution < -0.4 is 5.73 Å². The summed E-state index contributed by atoms with van der Waals surface area (Å²) in [6.45, 7) is 3.06. The Morgan fingerprint density at radius 1 is 0.900 bits per heavy atom. The predicted octanol–water partition coefficient (Wildman–Crippen LogP) is 5.28. The number of methoxy groups -OCH3 is 1. The van der Waals surface area contributed by atoms with Crippen molar-refractivity contribution in [1.82, 2.24) is 19.5 Å². The number of alkyl halides is 1. The molecule has 1 aromatic carbocycles. The molecule has 5 rings (SSSR count). The molecule has 4 aromatic heterocycles. The summed E-state index contributed by atoms with van der Waals surface area (Å²) in [5, 5.41) is 0. The second-order valence-corrected chi connectivity index (χ2v) is 9.24. The summed E-state index contributed by atoms with van der Waals surface area (Å²) in [6.07, 6.45) is 6.23. The largest absolute Gasteiger partial charge is 0.465 e. The molecule has 0 amide bonds. The number of nitrogens with zero attached hydrogens (tertiary/aromatic N) is 4. The van der Waals surface area contributed by atoms with Gasteiger partial charge in [0, 0.05) is 47.2 Å². The molecular weight excluding hydrogens is 509 g/mol. The number of ether oxygens (including phenoxy) is 1. The number of carbonyl (C=O) groups excluding carboxylic acids is 2. The van der Waals surface area contributed by atoms with Crippen molar-refractivity contribution in [2.45, 2.75) is 19.6 Å². The normalized spacial score (nSPS) is 12.2. The van der Waals surface area contributed by atoms with E-state index in [-0.39, 0.29) is 17.2 Å². The van der Waals surface area contributed by atoms with Crippen molar-refractivity contribution in [3.05, 3.63) is 120 Å². The van der Waals surface area contributed by atoms with Gasteiger partial charge in [-0.3, -0.25) is 19.7 Å². The van der Waals surface area contributed by atoms with Gasteiger partial charge in [-0.05, 0) is 61.9 Å². The zero-order valence-corrected chi connectivity index (χ0v) is 22.1. The van der Waals surface area contributed by atoms with Gasteiger partial charge in [0.1, 0.15) is 11.4 Å². The Balaban J connectivity index is 1.85.